The molecule has 3 rings (SSSR count). The molecule has 0 aliphatic carbocycles. The molecule has 1 N–H and O–H groups in total. The lowest BCUT2D eigenvalue weighted by Gasteiger charge is -2.01. The Morgan fingerprint density at radius 1 is 1.07 bits per heavy atom. The summed E-state index contributed by atoms with van der Waals surface area (Å²) < 4.78 is 1.67. The zero-order chi connectivity index (χ0) is 18.9. The van der Waals surface area contributed by atoms with E-state index in [0.29, 0.717) is 0 Å². The number of carbonyl (C=O) groups excluding carboxylic acids is 1. The van der Waals surface area contributed by atoms with Crippen LogP contribution in [0.2, 0.25) is 0 Å². The number of rotatable bonds is 8. The summed E-state index contributed by atoms with van der Waals surface area (Å²) in [5, 5.41) is 12.4. The van der Waals surface area contributed by atoms with Crippen LogP contribution in [0.15, 0.2) is 68.6 Å². The van der Waals surface area contributed by atoms with Gasteiger partial charge in [-0.2, -0.15) is 5.10 Å². The van der Waals surface area contributed by atoms with E-state index in [-0.39, 0.29) is 11.7 Å². The van der Waals surface area contributed by atoms with Gasteiger partial charge in [-0.05, 0) is 24.6 Å². The van der Waals surface area contributed by atoms with Crippen LogP contribution in [0, 0.1) is 0 Å². The van der Waals surface area contributed by atoms with Crippen molar-refractivity contribution in [2.45, 2.75) is 21.4 Å². The van der Waals surface area contributed by atoms with Crippen LogP contribution in [0.5, 0.6) is 0 Å². The molecule has 0 bridgehead atoms. The van der Waals surface area contributed by atoms with Crippen molar-refractivity contribution in [2.75, 3.05) is 5.75 Å². The summed E-state index contributed by atoms with van der Waals surface area (Å²) in [7, 11) is 0. The molecule has 0 atom stereocenters. The number of carbonyl (C=O) groups is 1. The van der Waals surface area contributed by atoms with Crippen LogP contribution in [-0.2, 0) is 10.5 Å². The second-order valence-corrected chi connectivity index (χ2v) is 8.79. The van der Waals surface area contributed by atoms with E-state index in [9.17, 15) is 4.79 Å². The van der Waals surface area contributed by atoms with Crippen molar-refractivity contribution in [3.05, 3.63) is 66.0 Å². The Bertz CT molecular complexity index is 900. The third-order valence-corrected chi connectivity index (χ3v) is 6.63. The van der Waals surface area contributed by atoms with Gasteiger partial charge in [0, 0.05) is 23.7 Å². The first kappa shape index (κ1) is 19.5. The van der Waals surface area contributed by atoms with Crippen LogP contribution in [-0.4, -0.2) is 32.6 Å². The van der Waals surface area contributed by atoms with Crippen molar-refractivity contribution < 1.29 is 4.79 Å². The first-order valence-corrected chi connectivity index (χ1v) is 10.9. The minimum atomic E-state index is -0.179. The maximum Gasteiger partial charge on any atom is 0.250 e. The third-order valence-electron chi connectivity index (χ3n) is 3.37. The van der Waals surface area contributed by atoms with Crippen molar-refractivity contribution in [1.82, 2.24) is 20.6 Å². The molecule has 1 amide bonds. The van der Waals surface area contributed by atoms with E-state index < -0.39 is 0 Å². The summed E-state index contributed by atoms with van der Waals surface area (Å²) in [6.07, 6.45) is 3.38. The van der Waals surface area contributed by atoms with E-state index in [2.05, 4.69) is 37.8 Å². The zero-order valence-electron chi connectivity index (χ0n) is 14.5. The van der Waals surface area contributed by atoms with Gasteiger partial charge in [0.25, 0.3) is 5.91 Å². The van der Waals surface area contributed by atoms with Gasteiger partial charge >= 0.3 is 0 Å². The number of benzene rings is 1. The lowest BCUT2D eigenvalue weighted by molar-refractivity contribution is -0.118. The van der Waals surface area contributed by atoms with Crippen LogP contribution >= 0.6 is 34.9 Å². The second kappa shape index (κ2) is 10.2. The number of nitrogens with one attached hydrogen (secondary N) is 1. The summed E-state index contributed by atoms with van der Waals surface area (Å²) >= 11 is 4.50. The molecule has 0 radical (unpaired) electrons. The average Bonchev–Trinajstić information content (AvgIpc) is 3.18. The molecular weight excluding hydrogens is 398 g/mol. The standard InChI is InChI=1S/C18H17N5OS3/c1-13(15-7-9-19-10-8-15)20-21-16(24)12-26-18-23-22-17(27-18)25-11-14-5-3-2-4-6-14/h2-10H,11-12H2,1H3,(H,21,24)/b20-13-. The molecule has 0 spiro atoms. The molecule has 27 heavy (non-hydrogen) atoms. The number of hydrogen-bond donors (Lipinski definition) is 1. The second-order valence-electron chi connectivity index (χ2n) is 5.36. The van der Waals surface area contributed by atoms with E-state index in [4.69, 9.17) is 0 Å². The monoisotopic (exact) mass is 415 g/mol. The van der Waals surface area contributed by atoms with E-state index in [1.54, 1.807) is 24.2 Å². The minimum Gasteiger partial charge on any atom is -0.272 e. The molecule has 0 saturated carbocycles. The Balaban J connectivity index is 1.43. The molecule has 2 heterocycles. The van der Waals surface area contributed by atoms with Gasteiger partial charge in [-0.15, -0.1) is 10.2 Å². The highest BCUT2D eigenvalue weighted by Crippen LogP contribution is 2.30. The highest BCUT2D eigenvalue weighted by Gasteiger charge is 2.09. The summed E-state index contributed by atoms with van der Waals surface area (Å²) in [5.41, 5.74) is 5.45. The van der Waals surface area contributed by atoms with Crippen molar-refractivity contribution in [1.29, 1.82) is 0 Å². The maximum atomic E-state index is 12.0. The molecule has 0 aliphatic rings. The summed E-state index contributed by atoms with van der Waals surface area (Å²) in [6, 6.07) is 13.9. The molecule has 0 unspecified atom stereocenters. The fourth-order valence-electron chi connectivity index (χ4n) is 2.00. The first-order chi connectivity index (χ1) is 13.2. The Morgan fingerprint density at radius 3 is 2.52 bits per heavy atom. The van der Waals surface area contributed by atoms with Crippen LogP contribution in [0.4, 0.5) is 0 Å². The fraction of sp³-hybridized carbons (Fsp3) is 0.167. The average molecular weight is 416 g/mol. The maximum absolute atomic E-state index is 12.0. The van der Waals surface area contributed by atoms with Crippen molar-refractivity contribution in [3.8, 4) is 0 Å². The fourth-order valence-corrected chi connectivity index (χ4v) is 4.76. The Hall–Kier alpha value is -2.23. The van der Waals surface area contributed by atoms with Gasteiger partial charge in [0.15, 0.2) is 8.68 Å². The van der Waals surface area contributed by atoms with Crippen LogP contribution in [0.1, 0.15) is 18.1 Å². The van der Waals surface area contributed by atoms with Crippen LogP contribution in [0.3, 0.4) is 0 Å². The number of hydrogen-bond acceptors (Lipinski definition) is 8. The van der Waals surface area contributed by atoms with Gasteiger partial charge < -0.3 is 0 Å². The minimum absolute atomic E-state index is 0.179. The molecule has 0 saturated heterocycles. The van der Waals surface area contributed by atoms with Crippen molar-refractivity contribution in [3.63, 3.8) is 0 Å². The van der Waals surface area contributed by atoms with Crippen molar-refractivity contribution in [2.24, 2.45) is 5.10 Å². The Morgan fingerprint density at radius 2 is 1.78 bits per heavy atom. The van der Waals surface area contributed by atoms with Crippen molar-refractivity contribution >= 4 is 46.5 Å². The van der Waals surface area contributed by atoms with Crippen LogP contribution < -0.4 is 5.43 Å². The van der Waals surface area contributed by atoms with E-state index in [1.807, 2.05) is 37.3 Å². The van der Waals surface area contributed by atoms with Gasteiger partial charge in [0.2, 0.25) is 0 Å². The number of nitrogens with zero attached hydrogens (tertiary/aromatic N) is 4. The normalized spacial score (nSPS) is 11.4. The predicted molar refractivity (Wildman–Crippen MR) is 111 cm³/mol. The number of pyridine rings is 1. The SMILES string of the molecule is C/C(=N/NC(=O)CSc1nnc(SCc2ccccc2)s1)c1ccncc1. The largest absolute Gasteiger partial charge is 0.272 e. The van der Waals surface area contributed by atoms with E-state index in [0.717, 1.165) is 25.7 Å². The summed E-state index contributed by atoms with van der Waals surface area (Å²) in [4.78, 5) is 15.9. The van der Waals surface area contributed by atoms with E-state index >= 15 is 0 Å². The van der Waals surface area contributed by atoms with Crippen LogP contribution in [0.25, 0.3) is 0 Å². The smallest absolute Gasteiger partial charge is 0.250 e. The van der Waals surface area contributed by atoms with Gasteiger partial charge in [-0.3, -0.25) is 9.78 Å². The van der Waals surface area contributed by atoms with E-state index in [1.165, 1.54) is 28.7 Å². The van der Waals surface area contributed by atoms with Gasteiger partial charge in [-0.25, -0.2) is 5.43 Å². The quantitative estimate of drug-likeness (QED) is 0.342. The number of thioether (sulfide) groups is 2. The Kier molecular flexibility index (Phi) is 7.37. The van der Waals surface area contributed by atoms with Gasteiger partial charge in [0.1, 0.15) is 0 Å². The molecule has 0 fully saturated rings. The lowest BCUT2D eigenvalue weighted by atomic mass is 10.2. The molecule has 6 nitrogen and oxygen atoms in total. The topological polar surface area (TPSA) is 80.1 Å². The van der Waals surface area contributed by atoms with Gasteiger partial charge in [-0.1, -0.05) is 65.2 Å². The number of hydrazone groups is 1. The predicted octanol–water partition coefficient (Wildman–Crippen LogP) is 3.86. The molecule has 0 aliphatic heterocycles. The molecule has 138 valence electrons. The first-order valence-electron chi connectivity index (χ1n) is 8.07. The third kappa shape index (κ3) is 6.46. The Labute approximate surface area is 169 Å². The van der Waals surface area contributed by atoms with Gasteiger partial charge in [0.05, 0.1) is 11.5 Å². The lowest BCUT2D eigenvalue weighted by Crippen LogP contribution is -2.21. The molecule has 1 aromatic carbocycles. The zero-order valence-corrected chi connectivity index (χ0v) is 17.0. The molecular formula is C18H17N5OS3. The number of amides is 1. The molecule has 3 aromatic rings. The summed E-state index contributed by atoms with van der Waals surface area (Å²) in [5.74, 6) is 0.913. The number of aromatic nitrogens is 3. The molecule has 9 heteroatoms. The molecule has 2 aromatic heterocycles. The highest BCUT2D eigenvalue weighted by molar-refractivity contribution is 8.03. The highest BCUT2D eigenvalue weighted by atomic mass is 32.2. The summed E-state index contributed by atoms with van der Waals surface area (Å²) in [6.45, 7) is 1.84.